The molecule has 0 radical (unpaired) electrons. The Labute approximate surface area is 129 Å². The van der Waals surface area contributed by atoms with Crippen molar-refractivity contribution in [1.29, 1.82) is 0 Å². The molecule has 114 valence electrons. The van der Waals surface area contributed by atoms with Gasteiger partial charge in [0.05, 0.1) is 22.7 Å². The Morgan fingerprint density at radius 2 is 2.05 bits per heavy atom. The number of aromatic nitrogens is 1. The van der Waals surface area contributed by atoms with E-state index in [4.69, 9.17) is 11.6 Å². The number of carbonyl (C=O) groups is 1. The number of carbonyl (C=O) groups excluding carboxylic acids is 1. The van der Waals surface area contributed by atoms with Gasteiger partial charge in [0.1, 0.15) is 0 Å². The van der Waals surface area contributed by atoms with E-state index in [1.54, 1.807) is 12.4 Å². The van der Waals surface area contributed by atoms with Crippen molar-refractivity contribution in [2.75, 3.05) is 31.1 Å². The Kier molecular flexibility index (Phi) is 4.31. The standard InChI is InChI=1S/C15H20ClN3O2/c16-12-10-17-5-4-13(12)18-6-8-19(9-7-18)15(21)11-2-1-3-14(11)20/h4-5,10-11,14,20H,1-3,6-9H2. The second-order valence-electron chi connectivity index (χ2n) is 5.74. The molecule has 3 rings (SSSR count). The molecule has 21 heavy (non-hydrogen) atoms. The van der Waals surface area contributed by atoms with Gasteiger partial charge in [0.15, 0.2) is 0 Å². The number of hydrogen-bond donors (Lipinski definition) is 1. The minimum absolute atomic E-state index is 0.112. The molecule has 1 saturated carbocycles. The van der Waals surface area contributed by atoms with Crippen LogP contribution in [-0.4, -0.2) is 53.2 Å². The fraction of sp³-hybridized carbons (Fsp3) is 0.600. The molecule has 5 nitrogen and oxygen atoms in total. The van der Waals surface area contributed by atoms with Gasteiger partial charge in [0, 0.05) is 38.6 Å². The average molecular weight is 310 g/mol. The summed E-state index contributed by atoms with van der Waals surface area (Å²) < 4.78 is 0. The molecule has 0 aromatic carbocycles. The zero-order valence-corrected chi connectivity index (χ0v) is 12.7. The van der Waals surface area contributed by atoms with Crippen LogP contribution in [0.15, 0.2) is 18.5 Å². The van der Waals surface area contributed by atoms with Gasteiger partial charge in [0.2, 0.25) is 5.91 Å². The number of rotatable bonds is 2. The van der Waals surface area contributed by atoms with Crippen LogP contribution in [0.4, 0.5) is 5.69 Å². The highest BCUT2D eigenvalue weighted by Gasteiger charge is 2.35. The summed E-state index contributed by atoms with van der Waals surface area (Å²) in [6.45, 7) is 2.89. The van der Waals surface area contributed by atoms with Gasteiger partial charge < -0.3 is 14.9 Å². The smallest absolute Gasteiger partial charge is 0.228 e. The lowest BCUT2D eigenvalue weighted by Gasteiger charge is -2.37. The largest absolute Gasteiger partial charge is 0.392 e. The van der Waals surface area contributed by atoms with Crippen LogP contribution in [0, 0.1) is 5.92 Å². The number of halogens is 1. The van der Waals surface area contributed by atoms with E-state index in [1.807, 2.05) is 11.0 Å². The second kappa shape index (κ2) is 6.20. The predicted octanol–water partition coefficient (Wildman–Crippen LogP) is 1.54. The summed E-state index contributed by atoms with van der Waals surface area (Å²) in [6, 6.07) is 1.90. The number of nitrogens with zero attached hydrogens (tertiary/aromatic N) is 3. The molecule has 1 saturated heterocycles. The van der Waals surface area contributed by atoms with Crippen LogP contribution in [0.5, 0.6) is 0 Å². The van der Waals surface area contributed by atoms with Crippen molar-refractivity contribution in [1.82, 2.24) is 9.88 Å². The Hall–Kier alpha value is -1.33. The topological polar surface area (TPSA) is 56.7 Å². The average Bonchev–Trinajstić information content (AvgIpc) is 2.93. The van der Waals surface area contributed by atoms with Gasteiger partial charge in [-0.15, -0.1) is 0 Å². The fourth-order valence-electron chi connectivity index (χ4n) is 3.26. The quantitative estimate of drug-likeness (QED) is 0.900. The maximum atomic E-state index is 12.4. The minimum Gasteiger partial charge on any atom is -0.392 e. The van der Waals surface area contributed by atoms with Crippen LogP contribution >= 0.6 is 11.6 Å². The van der Waals surface area contributed by atoms with Crippen LogP contribution in [-0.2, 0) is 4.79 Å². The lowest BCUT2D eigenvalue weighted by atomic mass is 10.0. The minimum atomic E-state index is -0.454. The molecule has 0 bridgehead atoms. The summed E-state index contributed by atoms with van der Waals surface area (Å²) in [5.74, 6) is -0.0819. The normalized spacial score (nSPS) is 26.2. The molecule has 1 aliphatic heterocycles. The van der Waals surface area contributed by atoms with Crippen molar-refractivity contribution in [3.8, 4) is 0 Å². The lowest BCUT2D eigenvalue weighted by Crippen LogP contribution is -2.51. The molecule has 1 aromatic heterocycles. The van der Waals surface area contributed by atoms with Crippen molar-refractivity contribution in [3.63, 3.8) is 0 Å². The van der Waals surface area contributed by atoms with Crippen molar-refractivity contribution < 1.29 is 9.90 Å². The molecule has 1 aromatic rings. The Balaban J connectivity index is 1.60. The number of pyridine rings is 1. The van der Waals surface area contributed by atoms with E-state index in [0.29, 0.717) is 18.1 Å². The number of amides is 1. The van der Waals surface area contributed by atoms with Crippen molar-refractivity contribution in [3.05, 3.63) is 23.5 Å². The summed E-state index contributed by atoms with van der Waals surface area (Å²) in [4.78, 5) is 20.5. The summed E-state index contributed by atoms with van der Waals surface area (Å²) >= 11 is 6.16. The molecule has 6 heteroatoms. The molecule has 2 aliphatic rings. The molecule has 2 fully saturated rings. The lowest BCUT2D eigenvalue weighted by molar-refractivity contribution is -0.138. The van der Waals surface area contributed by atoms with Crippen LogP contribution in [0.1, 0.15) is 19.3 Å². The zero-order chi connectivity index (χ0) is 14.8. The number of aliphatic hydroxyl groups excluding tert-OH is 1. The number of aliphatic hydroxyl groups is 1. The maximum Gasteiger partial charge on any atom is 0.228 e. The van der Waals surface area contributed by atoms with Gasteiger partial charge in [-0.3, -0.25) is 9.78 Å². The van der Waals surface area contributed by atoms with E-state index in [9.17, 15) is 9.90 Å². The van der Waals surface area contributed by atoms with Crippen LogP contribution < -0.4 is 4.90 Å². The summed E-state index contributed by atoms with van der Waals surface area (Å²) in [7, 11) is 0. The van der Waals surface area contributed by atoms with Gasteiger partial charge in [-0.25, -0.2) is 0 Å². The molecular weight excluding hydrogens is 290 g/mol. The molecule has 1 aliphatic carbocycles. The van der Waals surface area contributed by atoms with Crippen LogP contribution in [0.25, 0.3) is 0 Å². The summed E-state index contributed by atoms with van der Waals surface area (Å²) in [5, 5.41) is 10.5. The summed E-state index contributed by atoms with van der Waals surface area (Å²) in [6.07, 6.45) is 5.44. The van der Waals surface area contributed by atoms with Crippen LogP contribution in [0.3, 0.4) is 0 Å². The van der Waals surface area contributed by atoms with Gasteiger partial charge in [0.25, 0.3) is 0 Å². The van der Waals surface area contributed by atoms with E-state index in [0.717, 1.165) is 38.0 Å². The van der Waals surface area contributed by atoms with Gasteiger partial charge in [-0.1, -0.05) is 11.6 Å². The third-order valence-electron chi connectivity index (χ3n) is 4.48. The number of piperazine rings is 1. The van der Waals surface area contributed by atoms with E-state index < -0.39 is 6.10 Å². The Bertz CT molecular complexity index is 517. The highest BCUT2D eigenvalue weighted by Crippen LogP contribution is 2.29. The van der Waals surface area contributed by atoms with E-state index in [1.165, 1.54) is 0 Å². The molecule has 2 unspecified atom stereocenters. The van der Waals surface area contributed by atoms with Crippen molar-refractivity contribution in [2.24, 2.45) is 5.92 Å². The molecular formula is C15H20ClN3O2. The van der Waals surface area contributed by atoms with Crippen molar-refractivity contribution in [2.45, 2.75) is 25.4 Å². The van der Waals surface area contributed by atoms with Crippen molar-refractivity contribution >= 4 is 23.2 Å². The second-order valence-corrected chi connectivity index (χ2v) is 6.15. The number of hydrogen-bond acceptors (Lipinski definition) is 4. The first-order chi connectivity index (χ1) is 10.2. The first-order valence-corrected chi connectivity index (χ1v) is 7.86. The summed E-state index contributed by atoms with van der Waals surface area (Å²) in [5.41, 5.74) is 0.972. The SMILES string of the molecule is O=C(C1CCCC1O)N1CCN(c2ccncc2Cl)CC1. The molecule has 1 amide bonds. The van der Waals surface area contributed by atoms with Crippen LogP contribution in [0.2, 0.25) is 5.02 Å². The van der Waals surface area contributed by atoms with E-state index in [-0.39, 0.29) is 11.8 Å². The molecule has 2 atom stereocenters. The highest BCUT2D eigenvalue weighted by atomic mass is 35.5. The Morgan fingerprint density at radius 3 is 2.67 bits per heavy atom. The molecule has 2 heterocycles. The fourth-order valence-corrected chi connectivity index (χ4v) is 3.49. The van der Waals surface area contributed by atoms with E-state index in [2.05, 4.69) is 9.88 Å². The van der Waals surface area contributed by atoms with Gasteiger partial charge in [-0.2, -0.15) is 0 Å². The number of anilines is 1. The monoisotopic (exact) mass is 309 g/mol. The predicted molar refractivity (Wildman–Crippen MR) is 81.4 cm³/mol. The van der Waals surface area contributed by atoms with E-state index >= 15 is 0 Å². The first-order valence-electron chi connectivity index (χ1n) is 7.48. The zero-order valence-electron chi connectivity index (χ0n) is 11.9. The van der Waals surface area contributed by atoms with Gasteiger partial charge >= 0.3 is 0 Å². The highest BCUT2D eigenvalue weighted by molar-refractivity contribution is 6.33. The first kappa shape index (κ1) is 14.6. The maximum absolute atomic E-state index is 12.4. The molecule has 1 N–H and O–H groups in total. The molecule has 0 spiro atoms. The third-order valence-corrected chi connectivity index (χ3v) is 4.77. The third kappa shape index (κ3) is 2.99. The van der Waals surface area contributed by atoms with Gasteiger partial charge in [-0.05, 0) is 25.3 Å². The Morgan fingerprint density at radius 1 is 1.29 bits per heavy atom.